The fraction of sp³-hybridized carbons (Fsp3) is 0.500. The molecule has 0 aliphatic heterocycles. The molecule has 4 nitrogen and oxygen atoms in total. The van der Waals surface area contributed by atoms with Crippen molar-refractivity contribution in [2.24, 2.45) is 0 Å². The predicted octanol–water partition coefficient (Wildman–Crippen LogP) is 4.05. The summed E-state index contributed by atoms with van der Waals surface area (Å²) < 4.78 is 6.60. The zero-order chi connectivity index (χ0) is 14.8. The highest BCUT2D eigenvalue weighted by atomic mass is 79.9. The molecule has 112 valence electrons. The highest BCUT2D eigenvalue weighted by Crippen LogP contribution is 2.34. The van der Waals surface area contributed by atoms with E-state index >= 15 is 0 Å². The number of likely N-dealkylation sites (N-methyl/N-ethyl adjacent to an activating group) is 1. The van der Waals surface area contributed by atoms with Crippen LogP contribution in [0.2, 0.25) is 0 Å². The number of nitrogens with zero attached hydrogens (tertiary/aromatic N) is 2. The maximum atomic E-state index is 5.53. The smallest absolute Gasteiger partial charge is 0.231 e. The van der Waals surface area contributed by atoms with E-state index in [0.29, 0.717) is 17.8 Å². The molecular weight excluding hydrogens is 330 g/mol. The van der Waals surface area contributed by atoms with Gasteiger partial charge in [-0.25, -0.2) is 0 Å². The lowest BCUT2D eigenvalue weighted by Gasteiger charge is -2.16. The Morgan fingerprint density at radius 3 is 3.00 bits per heavy atom. The molecule has 1 fully saturated rings. The van der Waals surface area contributed by atoms with Crippen LogP contribution < -0.4 is 5.32 Å². The van der Waals surface area contributed by atoms with Crippen molar-refractivity contribution in [1.29, 1.82) is 0 Å². The van der Waals surface area contributed by atoms with Gasteiger partial charge in [0.1, 0.15) is 0 Å². The van der Waals surface area contributed by atoms with E-state index in [4.69, 9.17) is 4.52 Å². The van der Waals surface area contributed by atoms with Crippen LogP contribution in [0.5, 0.6) is 0 Å². The van der Waals surface area contributed by atoms with E-state index in [9.17, 15) is 0 Å². The van der Waals surface area contributed by atoms with E-state index in [1.807, 2.05) is 12.1 Å². The molecule has 2 aromatic rings. The fourth-order valence-electron chi connectivity index (χ4n) is 3.00. The Morgan fingerprint density at radius 1 is 1.38 bits per heavy atom. The third-order valence-electron chi connectivity index (χ3n) is 4.17. The second-order valence-corrected chi connectivity index (χ2v) is 6.48. The molecule has 1 aliphatic carbocycles. The third-order valence-corrected chi connectivity index (χ3v) is 5.03. The van der Waals surface area contributed by atoms with Gasteiger partial charge in [-0.3, -0.25) is 0 Å². The van der Waals surface area contributed by atoms with Crippen LogP contribution in [0, 0.1) is 6.92 Å². The van der Waals surface area contributed by atoms with Gasteiger partial charge in [-0.15, -0.1) is 0 Å². The molecule has 0 bridgehead atoms. The van der Waals surface area contributed by atoms with E-state index in [-0.39, 0.29) is 0 Å². The number of aromatic nitrogens is 2. The largest absolute Gasteiger partial charge is 0.339 e. The Balaban J connectivity index is 1.84. The minimum Gasteiger partial charge on any atom is -0.339 e. The van der Waals surface area contributed by atoms with Crippen LogP contribution in [0.4, 0.5) is 0 Å². The minimum atomic E-state index is 0.347. The summed E-state index contributed by atoms with van der Waals surface area (Å²) in [6.07, 6.45) is 3.53. The molecule has 1 N–H and O–H groups in total. The molecule has 1 aliphatic rings. The molecule has 5 heteroatoms. The maximum Gasteiger partial charge on any atom is 0.231 e. The Morgan fingerprint density at radius 2 is 2.24 bits per heavy atom. The van der Waals surface area contributed by atoms with Gasteiger partial charge in [-0.1, -0.05) is 46.6 Å². The van der Waals surface area contributed by atoms with Crippen LogP contribution in [-0.4, -0.2) is 22.7 Å². The maximum absolute atomic E-state index is 5.53. The lowest BCUT2D eigenvalue weighted by Crippen LogP contribution is -2.31. The van der Waals surface area contributed by atoms with Gasteiger partial charge < -0.3 is 9.84 Å². The summed E-state index contributed by atoms with van der Waals surface area (Å²) in [4.78, 5) is 4.63. The molecule has 3 rings (SSSR count). The monoisotopic (exact) mass is 349 g/mol. The molecule has 0 spiro atoms. The van der Waals surface area contributed by atoms with Crippen molar-refractivity contribution in [2.75, 3.05) is 6.54 Å². The van der Waals surface area contributed by atoms with Gasteiger partial charge in [0, 0.05) is 16.1 Å². The molecule has 2 unspecified atom stereocenters. The van der Waals surface area contributed by atoms with E-state index in [1.54, 1.807) is 0 Å². The first-order valence-corrected chi connectivity index (χ1v) is 8.32. The van der Waals surface area contributed by atoms with Crippen LogP contribution in [0.3, 0.4) is 0 Å². The van der Waals surface area contributed by atoms with Crippen molar-refractivity contribution < 1.29 is 4.52 Å². The van der Waals surface area contributed by atoms with Gasteiger partial charge in [-0.05, 0) is 37.9 Å². The number of rotatable bonds is 4. The van der Waals surface area contributed by atoms with Crippen molar-refractivity contribution in [3.05, 3.63) is 34.1 Å². The fourth-order valence-corrected chi connectivity index (χ4v) is 3.38. The number of hydrogen-bond donors (Lipinski definition) is 1. The average Bonchev–Trinajstić information content (AvgIpc) is 3.10. The predicted molar refractivity (Wildman–Crippen MR) is 86.2 cm³/mol. The average molecular weight is 350 g/mol. The number of halogens is 1. The van der Waals surface area contributed by atoms with Gasteiger partial charge >= 0.3 is 0 Å². The van der Waals surface area contributed by atoms with Gasteiger partial charge in [0.25, 0.3) is 0 Å². The number of aryl methyl sites for hydroxylation is 1. The first-order chi connectivity index (χ1) is 10.2. The summed E-state index contributed by atoms with van der Waals surface area (Å²) in [5.41, 5.74) is 2.19. The normalized spacial score (nSPS) is 21.9. The molecule has 21 heavy (non-hydrogen) atoms. The van der Waals surface area contributed by atoms with Crippen molar-refractivity contribution in [3.63, 3.8) is 0 Å². The zero-order valence-corrected chi connectivity index (χ0v) is 14.0. The molecule has 0 saturated heterocycles. The number of nitrogens with one attached hydrogen (secondary N) is 1. The summed E-state index contributed by atoms with van der Waals surface area (Å²) in [5, 5.41) is 7.69. The first kappa shape index (κ1) is 14.7. The van der Waals surface area contributed by atoms with E-state index in [1.165, 1.54) is 18.4 Å². The van der Waals surface area contributed by atoms with Crippen molar-refractivity contribution in [1.82, 2.24) is 15.5 Å². The molecular formula is C16H20BrN3O. The van der Waals surface area contributed by atoms with Crippen LogP contribution >= 0.6 is 15.9 Å². The zero-order valence-electron chi connectivity index (χ0n) is 12.4. The standard InChI is InChI=1S/C16H20BrN3O/c1-3-18-14-6-4-5-12(14)16-19-15(20-21-16)11-8-7-10(2)13(17)9-11/h7-9,12,14,18H,3-6H2,1-2H3. The van der Waals surface area contributed by atoms with Gasteiger partial charge in [0.15, 0.2) is 0 Å². The lowest BCUT2D eigenvalue weighted by atomic mass is 10.0. The lowest BCUT2D eigenvalue weighted by molar-refractivity contribution is 0.332. The molecule has 1 aromatic carbocycles. The molecule has 2 atom stereocenters. The summed E-state index contributed by atoms with van der Waals surface area (Å²) in [6.45, 7) is 5.18. The Kier molecular flexibility index (Phi) is 4.40. The van der Waals surface area contributed by atoms with Crippen LogP contribution in [0.15, 0.2) is 27.2 Å². The van der Waals surface area contributed by atoms with E-state index < -0.39 is 0 Å². The molecule has 0 radical (unpaired) electrons. The summed E-state index contributed by atoms with van der Waals surface area (Å²) in [5.74, 6) is 1.79. The molecule has 1 heterocycles. The Labute approximate surface area is 133 Å². The van der Waals surface area contributed by atoms with Crippen molar-refractivity contribution >= 4 is 15.9 Å². The topological polar surface area (TPSA) is 51.0 Å². The highest BCUT2D eigenvalue weighted by molar-refractivity contribution is 9.10. The highest BCUT2D eigenvalue weighted by Gasteiger charge is 2.32. The second kappa shape index (κ2) is 6.28. The molecule has 1 aromatic heterocycles. The summed E-state index contributed by atoms with van der Waals surface area (Å²) >= 11 is 3.55. The molecule has 0 amide bonds. The van der Waals surface area contributed by atoms with Crippen LogP contribution in [0.25, 0.3) is 11.4 Å². The van der Waals surface area contributed by atoms with Gasteiger partial charge in [0.2, 0.25) is 11.7 Å². The first-order valence-electron chi connectivity index (χ1n) is 7.52. The SMILES string of the molecule is CCNC1CCCC1c1nc(-c2ccc(C)c(Br)c2)no1. The quantitative estimate of drug-likeness (QED) is 0.904. The van der Waals surface area contributed by atoms with Gasteiger partial charge in [-0.2, -0.15) is 4.98 Å². The minimum absolute atomic E-state index is 0.347. The number of hydrogen-bond acceptors (Lipinski definition) is 4. The van der Waals surface area contributed by atoms with E-state index in [0.717, 1.165) is 28.9 Å². The molecule has 1 saturated carbocycles. The second-order valence-electron chi connectivity index (χ2n) is 5.62. The van der Waals surface area contributed by atoms with Crippen molar-refractivity contribution in [2.45, 2.75) is 45.1 Å². The summed E-state index contributed by atoms with van der Waals surface area (Å²) in [7, 11) is 0. The van der Waals surface area contributed by atoms with Crippen molar-refractivity contribution in [3.8, 4) is 11.4 Å². The van der Waals surface area contributed by atoms with Crippen LogP contribution in [-0.2, 0) is 0 Å². The number of benzene rings is 1. The van der Waals surface area contributed by atoms with E-state index in [2.05, 4.69) is 51.3 Å². The third kappa shape index (κ3) is 3.04. The van der Waals surface area contributed by atoms with Crippen LogP contribution in [0.1, 0.15) is 43.6 Å². The summed E-state index contributed by atoms with van der Waals surface area (Å²) in [6, 6.07) is 6.60. The van der Waals surface area contributed by atoms with Gasteiger partial charge in [0.05, 0.1) is 5.92 Å². The Hall–Kier alpha value is -1.20. The Bertz CT molecular complexity index is 626.